The average molecular weight is 437 g/mol. The summed E-state index contributed by atoms with van der Waals surface area (Å²) in [5, 5.41) is 17.6. The molecule has 1 unspecified atom stereocenters. The van der Waals surface area contributed by atoms with E-state index in [-0.39, 0.29) is 18.1 Å². The van der Waals surface area contributed by atoms with Crippen LogP contribution in [0.15, 0.2) is 53.1 Å². The third-order valence-corrected chi connectivity index (χ3v) is 5.09. The zero-order valence-corrected chi connectivity index (χ0v) is 17.3. The number of nitrogens with one attached hydrogen (secondary N) is 1. The molecule has 0 aliphatic carbocycles. The first-order chi connectivity index (χ1) is 15.3. The number of imide groups is 1. The number of amides is 3. The zero-order chi connectivity index (χ0) is 22.9. The molecule has 1 aromatic heterocycles. The lowest BCUT2D eigenvalue weighted by Crippen LogP contribution is -2.40. The Morgan fingerprint density at radius 1 is 1.22 bits per heavy atom. The van der Waals surface area contributed by atoms with E-state index < -0.39 is 22.4 Å². The van der Waals surface area contributed by atoms with Crippen LogP contribution < -0.4 is 10.1 Å². The minimum Gasteiger partial charge on any atom is -0.494 e. The van der Waals surface area contributed by atoms with Crippen molar-refractivity contribution in [1.82, 2.24) is 20.4 Å². The molecule has 0 radical (unpaired) electrons. The highest BCUT2D eigenvalue weighted by molar-refractivity contribution is 6.07. The first-order valence-electron chi connectivity index (χ1n) is 9.76. The molecule has 2 aromatic carbocycles. The summed E-state index contributed by atoms with van der Waals surface area (Å²) in [5.41, 5.74) is -0.655. The molecule has 11 nitrogen and oxygen atoms in total. The van der Waals surface area contributed by atoms with E-state index in [1.165, 1.54) is 25.1 Å². The molecule has 1 N–H and O–H groups in total. The number of urea groups is 1. The van der Waals surface area contributed by atoms with Gasteiger partial charge in [0.15, 0.2) is 0 Å². The van der Waals surface area contributed by atoms with E-state index in [1.807, 2.05) is 6.92 Å². The molecule has 1 fully saturated rings. The van der Waals surface area contributed by atoms with Gasteiger partial charge in [-0.3, -0.25) is 19.8 Å². The van der Waals surface area contributed by atoms with Gasteiger partial charge in [-0.2, -0.15) is 4.98 Å². The van der Waals surface area contributed by atoms with Gasteiger partial charge >= 0.3 is 6.03 Å². The molecule has 0 spiro atoms. The maximum absolute atomic E-state index is 13.1. The molecular formula is C21H19N5O6. The number of hydrogen-bond acceptors (Lipinski definition) is 8. The van der Waals surface area contributed by atoms with E-state index in [1.54, 1.807) is 30.3 Å². The highest BCUT2D eigenvalue weighted by Crippen LogP contribution is 2.31. The number of carbonyl (C=O) groups excluding carboxylic acids is 2. The summed E-state index contributed by atoms with van der Waals surface area (Å²) >= 11 is 0. The summed E-state index contributed by atoms with van der Waals surface area (Å²) < 4.78 is 10.6. The smallest absolute Gasteiger partial charge is 0.325 e. The number of nitro benzene ring substituents is 1. The second-order valence-electron chi connectivity index (χ2n) is 7.22. The predicted molar refractivity (Wildman–Crippen MR) is 110 cm³/mol. The molecule has 4 rings (SSSR count). The molecule has 0 bridgehead atoms. The van der Waals surface area contributed by atoms with Crippen molar-refractivity contribution >= 4 is 17.6 Å². The summed E-state index contributed by atoms with van der Waals surface area (Å²) in [4.78, 5) is 41.3. The molecule has 1 atom stereocenters. The Morgan fingerprint density at radius 2 is 1.97 bits per heavy atom. The zero-order valence-electron chi connectivity index (χ0n) is 17.3. The van der Waals surface area contributed by atoms with Crippen LogP contribution in [0.1, 0.15) is 25.3 Å². The number of carbonyl (C=O) groups is 2. The molecule has 1 saturated heterocycles. The van der Waals surface area contributed by atoms with Crippen LogP contribution >= 0.6 is 0 Å². The molecule has 11 heteroatoms. The molecule has 1 aliphatic rings. The number of nitro groups is 1. The van der Waals surface area contributed by atoms with Crippen LogP contribution in [-0.4, -0.2) is 38.5 Å². The van der Waals surface area contributed by atoms with E-state index in [0.29, 0.717) is 29.3 Å². The SMILES string of the molecule is CCOc1ccc(-c2noc(CN3C(=O)NC(C)(c4cccc([N+](=O)[O-])c4)C3=O)n2)cc1. The molecule has 0 saturated carbocycles. The molecule has 1 aliphatic heterocycles. The van der Waals surface area contributed by atoms with Gasteiger partial charge in [0.05, 0.1) is 11.5 Å². The van der Waals surface area contributed by atoms with Crippen LogP contribution in [-0.2, 0) is 16.9 Å². The summed E-state index contributed by atoms with van der Waals surface area (Å²) in [6.45, 7) is 3.69. The normalized spacial score (nSPS) is 18.0. The van der Waals surface area contributed by atoms with Crippen molar-refractivity contribution in [3.8, 4) is 17.1 Å². The average Bonchev–Trinajstić information content (AvgIpc) is 3.34. The van der Waals surface area contributed by atoms with Crippen molar-refractivity contribution in [2.75, 3.05) is 6.61 Å². The van der Waals surface area contributed by atoms with Gasteiger partial charge in [0, 0.05) is 17.7 Å². The highest BCUT2D eigenvalue weighted by Gasteiger charge is 2.49. The Bertz CT molecular complexity index is 1190. The highest BCUT2D eigenvalue weighted by atomic mass is 16.6. The lowest BCUT2D eigenvalue weighted by atomic mass is 9.91. The molecule has 3 amide bonds. The lowest BCUT2D eigenvalue weighted by molar-refractivity contribution is -0.385. The number of rotatable bonds is 7. The summed E-state index contributed by atoms with van der Waals surface area (Å²) in [5.74, 6) is 0.501. The van der Waals surface area contributed by atoms with Crippen LogP contribution in [0.4, 0.5) is 10.5 Å². The van der Waals surface area contributed by atoms with Crippen molar-refractivity contribution in [3.63, 3.8) is 0 Å². The first kappa shape index (κ1) is 21.0. The number of aromatic nitrogens is 2. The van der Waals surface area contributed by atoms with E-state index in [4.69, 9.17) is 9.26 Å². The number of non-ortho nitro benzene ring substituents is 1. The second-order valence-corrected chi connectivity index (χ2v) is 7.22. The number of ether oxygens (including phenoxy) is 1. The number of benzene rings is 2. The van der Waals surface area contributed by atoms with Gasteiger partial charge in [-0.1, -0.05) is 17.3 Å². The number of hydrogen-bond donors (Lipinski definition) is 1. The Labute approximate surface area is 182 Å². The maximum atomic E-state index is 13.1. The van der Waals surface area contributed by atoms with E-state index in [0.717, 1.165) is 4.90 Å². The Hall–Kier alpha value is -4.28. The van der Waals surface area contributed by atoms with Gasteiger partial charge in [-0.25, -0.2) is 4.79 Å². The fourth-order valence-corrected chi connectivity index (χ4v) is 3.41. The lowest BCUT2D eigenvalue weighted by Gasteiger charge is -2.21. The maximum Gasteiger partial charge on any atom is 0.325 e. The minimum atomic E-state index is -1.46. The largest absolute Gasteiger partial charge is 0.494 e. The van der Waals surface area contributed by atoms with Gasteiger partial charge in [0.2, 0.25) is 11.7 Å². The topological polar surface area (TPSA) is 141 Å². The van der Waals surface area contributed by atoms with E-state index in [2.05, 4.69) is 15.5 Å². The minimum absolute atomic E-state index is 0.0701. The van der Waals surface area contributed by atoms with Gasteiger partial charge in [-0.15, -0.1) is 0 Å². The van der Waals surface area contributed by atoms with Crippen LogP contribution in [0.2, 0.25) is 0 Å². The first-order valence-corrected chi connectivity index (χ1v) is 9.76. The summed E-state index contributed by atoms with van der Waals surface area (Å²) in [7, 11) is 0. The summed E-state index contributed by atoms with van der Waals surface area (Å²) in [6, 6.07) is 12.0. The van der Waals surface area contributed by atoms with Gasteiger partial charge < -0.3 is 14.6 Å². The van der Waals surface area contributed by atoms with E-state index in [9.17, 15) is 19.7 Å². The van der Waals surface area contributed by atoms with Crippen molar-refractivity contribution in [2.24, 2.45) is 0 Å². The Kier molecular flexibility index (Phi) is 5.31. The Balaban J connectivity index is 1.53. The fraction of sp³-hybridized carbons (Fsp3) is 0.238. The van der Waals surface area contributed by atoms with Gasteiger partial charge in [0.25, 0.3) is 11.6 Å². The van der Waals surface area contributed by atoms with E-state index >= 15 is 0 Å². The molecule has 2 heterocycles. The fourth-order valence-electron chi connectivity index (χ4n) is 3.41. The van der Waals surface area contributed by atoms with Crippen LogP contribution in [0, 0.1) is 10.1 Å². The van der Waals surface area contributed by atoms with Crippen LogP contribution in [0.3, 0.4) is 0 Å². The second kappa shape index (κ2) is 8.10. The van der Waals surface area contributed by atoms with Gasteiger partial charge in [0.1, 0.15) is 17.8 Å². The van der Waals surface area contributed by atoms with Crippen LogP contribution in [0.25, 0.3) is 11.4 Å². The molecular weight excluding hydrogens is 418 g/mol. The molecule has 164 valence electrons. The van der Waals surface area contributed by atoms with Crippen molar-refractivity contribution < 1.29 is 23.8 Å². The van der Waals surface area contributed by atoms with Crippen molar-refractivity contribution in [1.29, 1.82) is 0 Å². The standard InChI is InChI=1S/C21H19N5O6/c1-3-31-16-9-7-13(8-10-16)18-22-17(32-24-18)12-25-19(27)21(2,23-20(25)28)14-5-4-6-15(11-14)26(29)30/h4-11H,3,12H2,1-2H3,(H,23,28). The number of nitrogens with zero attached hydrogens (tertiary/aromatic N) is 4. The third-order valence-electron chi connectivity index (χ3n) is 5.09. The summed E-state index contributed by atoms with van der Waals surface area (Å²) in [6.07, 6.45) is 0. The Morgan fingerprint density at radius 3 is 2.66 bits per heavy atom. The van der Waals surface area contributed by atoms with Crippen molar-refractivity contribution in [2.45, 2.75) is 25.9 Å². The van der Waals surface area contributed by atoms with Gasteiger partial charge in [-0.05, 0) is 43.7 Å². The van der Waals surface area contributed by atoms with Crippen molar-refractivity contribution in [3.05, 3.63) is 70.1 Å². The quantitative estimate of drug-likeness (QED) is 0.338. The van der Waals surface area contributed by atoms with Crippen LogP contribution in [0.5, 0.6) is 5.75 Å². The molecule has 32 heavy (non-hydrogen) atoms. The molecule has 3 aromatic rings. The monoisotopic (exact) mass is 437 g/mol. The third kappa shape index (κ3) is 3.75. The predicted octanol–water partition coefficient (Wildman–Crippen LogP) is 3.01.